The third-order valence-corrected chi connectivity index (χ3v) is 5.84. The van der Waals surface area contributed by atoms with E-state index in [1.165, 1.54) is 50.9 Å². The highest BCUT2D eigenvalue weighted by molar-refractivity contribution is 6.30. The Bertz CT molecular complexity index is 458. The zero-order valence-electron chi connectivity index (χ0n) is 11.9. The number of hydrogen-bond donors (Lipinski definition) is 1. The molecule has 1 aromatic rings. The fourth-order valence-corrected chi connectivity index (χ4v) is 4.34. The fraction of sp³-hybridized carbons (Fsp3) is 0.647. The zero-order valence-corrected chi connectivity index (χ0v) is 12.6. The van der Waals surface area contributed by atoms with Crippen LogP contribution in [-0.4, -0.2) is 36.6 Å². The van der Waals surface area contributed by atoms with Crippen LogP contribution in [0, 0.1) is 5.92 Å². The second-order valence-corrected chi connectivity index (χ2v) is 7.26. The molecule has 3 heterocycles. The van der Waals surface area contributed by atoms with Gasteiger partial charge in [-0.3, -0.25) is 0 Å². The maximum atomic E-state index is 5.95. The molecule has 1 atom stereocenters. The van der Waals surface area contributed by atoms with E-state index in [-0.39, 0.29) is 0 Å². The molecular weight excluding hydrogens is 268 g/mol. The Kier molecular flexibility index (Phi) is 3.49. The molecule has 3 aliphatic heterocycles. The number of nitrogens with zero attached hydrogens (tertiary/aromatic N) is 1. The van der Waals surface area contributed by atoms with Crippen molar-refractivity contribution in [3.63, 3.8) is 0 Å². The van der Waals surface area contributed by atoms with Crippen molar-refractivity contribution >= 4 is 11.6 Å². The first kappa shape index (κ1) is 13.1. The highest BCUT2D eigenvalue weighted by Gasteiger charge is 2.38. The van der Waals surface area contributed by atoms with Crippen LogP contribution in [0.3, 0.4) is 0 Å². The lowest BCUT2D eigenvalue weighted by atomic mass is 9.74. The summed E-state index contributed by atoms with van der Waals surface area (Å²) in [6.45, 7) is 3.95. The predicted octanol–water partition coefficient (Wildman–Crippen LogP) is 3.27. The molecule has 1 unspecified atom stereocenters. The topological polar surface area (TPSA) is 15.3 Å². The zero-order chi connectivity index (χ0) is 13.5. The summed E-state index contributed by atoms with van der Waals surface area (Å²) in [6, 6.07) is 9.92. The van der Waals surface area contributed by atoms with Crippen LogP contribution in [0.15, 0.2) is 24.3 Å². The first-order valence-corrected chi connectivity index (χ1v) is 8.39. The van der Waals surface area contributed by atoms with Gasteiger partial charge in [0.2, 0.25) is 0 Å². The van der Waals surface area contributed by atoms with E-state index in [0.717, 1.165) is 28.9 Å². The number of hydrogen-bond acceptors (Lipinski definition) is 2. The molecule has 3 saturated heterocycles. The van der Waals surface area contributed by atoms with Gasteiger partial charge in [0.15, 0.2) is 0 Å². The standard InChI is InChI=1S/C17H23ClN2/c18-15-3-1-12(2-4-15)14-9-16(10-14)19-17-11-20-7-5-13(17)6-8-20/h1-4,13-14,16-17,19H,5-11H2. The Morgan fingerprint density at radius 3 is 2.35 bits per heavy atom. The summed E-state index contributed by atoms with van der Waals surface area (Å²) < 4.78 is 0. The van der Waals surface area contributed by atoms with Crippen LogP contribution in [0.2, 0.25) is 5.02 Å². The van der Waals surface area contributed by atoms with Crippen LogP contribution in [0.25, 0.3) is 0 Å². The van der Waals surface area contributed by atoms with Crippen LogP contribution in [0.4, 0.5) is 0 Å². The van der Waals surface area contributed by atoms with Crippen molar-refractivity contribution in [1.29, 1.82) is 0 Å². The molecule has 3 heteroatoms. The van der Waals surface area contributed by atoms with Gasteiger partial charge < -0.3 is 10.2 Å². The van der Waals surface area contributed by atoms with Gasteiger partial charge in [-0.2, -0.15) is 0 Å². The van der Waals surface area contributed by atoms with Gasteiger partial charge in [0, 0.05) is 23.7 Å². The molecule has 4 fully saturated rings. The molecule has 2 bridgehead atoms. The van der Waals surface area contributed by atoms with Crippen LogP contribution < -0.4 is 5.32 Å². The lowest BCUT2D eigenvalue weighted by Crippen LogP contribution is -2.59. The summed E-state index contributed by atoms with van der Waals surface area (Å²) in [7, 11) is 0. The van der Waals surface area contributed by atoms with Gasteiger partial charge in [0.1, 0.15) is 0 Å². The number of piperidine rings is 3. The summed E-state index contributed by atoms with van der Waals surface area (Å²) in [5.41, 5.74) is 1.46. The molecule has 0 spiro atoms. The Hall–Kier alpha value is -0.570. The molecule has 4 aliphatic rings. The van der Waals surface area contributed by atoms with Crippen molar-refractivity contribution in [2.45, 2.75) is 43.7 Å². The molecule has 5 rings (SSSR count). The number of fused-ring (bicyclic) bond motifs is 3. The molecule has 0 aromatic heterocycles. The molecule has 1 aliphatic carbocycles. The summed E-state index contributed by atoms with van der Waals surface area (Å²) in [5, 5.41) is 4.77. The van der Waals surface area contributed by atoms with E-state index in [1.54, 1.807) is 0 Å². The molecule has 20 heavy (non-hydrogen) atoms. The minimum atomic E-state index is 0.737. The molecule has 0 radical (unpaired) electrons. The molecule has 1 saturated carbocycles. The van der Waals surface area contributed by atoms with Crippen LogP contribution in [0.5, 0.6) is 0 Å². The predicted molar refractivity (Wildman–Crippen MR) is 83.3 cm³/mol. The monoisotopic (exact) mass is 290 g/mol. The lowest BCUT2D eigenvalue weighted by molar-refractivity contribution is 0.0584. The molecule has 1 N–H and O–H groups in total. The Morgan fingerprint density at radius 2 is 1.75 bits per heavy atom. The third kappa shape index (κ3) is 2.49. The normalized spacial score (nSPS) is 39.5. The van der Waals surface area contributed by atoms with Gasteiger partial charge in [0.05, 0.1) is 0 Å². The summed E-state index contributed by atoms with van der Waals surface area (Å²) in [6.07, 6.45) is 5.41. The molecule has 2 nitrogen and oxygen atoms in total. The van der Waals surface area contributed by atoms with Crippen molar-refractivity contribution < 1.29 is 0 Å². The number of benzene rings is 1. The average Bonchev–Trinajstić information content (AvgIpc) is 2.45. The largest absolute Gasteiger partial charge is 0.310 e. The number of rotatable bonds is 3. The Morgan fingerprint density at radius 1 is 1.05 bits per heavy atom. The maximum Gasteiger partial charge on any atom is 0.0406 e. The van der Waals surface area contributed by atoms with E-state index in [1.807, 2.05) is 12.1 Å². The van der Waals surface area contributed by atoms with Crippen molar-refractivity contribution in [3.05, 3.63) is 34.9 Å². The highest BCUT2D eigenvalue weighted by atomic mass is 35.5. The quantitative estimate of drug-likeness (QED) is 0.919. The van der Waals surface area contributed by atoms with Crippen molar-refractivity contribution in [2.24, 2.45) is 5.92 Å². The Balaban J connectivity index is 1.30. The fourth-order valence-electron chi connectivity index (χ4n) is 4.22. The van der Waals surface area contributed by atoms with Crippen LogP contribution >= 0.6 is 11.6 Å². The minimum absolute atomic E-state index is 0.737. The van der Waals surface area contributed by atoms with Gasteiger partial charge in [-0.05, 0) is 68.3 Å². The first-order chi connectivity index (χ1) is 9.78. The summed E-state index contributed by atoms with van der Waals surface area (Å²) >= 11 is 5.95. The van der Waals surface area contributed by atoms with Gasteiger partial charge in [-0.25, -0.2) is 0 Å². The van der Waals surface area contributed by atoms with Crippen molar-refractivity contribution in [1.82, 2.24) is 10.2 Å². The number of nitrogens with one attached hydrogen (secondary N) is 1. The van der Waals surface area contributed by atoms with Gasteiger partial charge >= 0.3 is 0 Å². The van der Waals surface area contributed by atoms with E-state index in [2.05, 4.69) is 22.3 Å². The number of halogens is 1. The molecule has 0 amide bonds. The van der Waals surface area contributed by atoms with E-state index >= 15 is 0 Å². The highest BCUT2D eigenvalue weighted by Crippen LogP contribution is 2.38. The van der Waals surface area contributed by atoms with E-state index in [4.69, 9.17) is 11.6 Å². The van der Waals surface area contributed by atoms with Crippen LogP contribution in [0.1, 0.15) is 37.2 Å². The minimum Gasteiger partial charge on any atom is -0.310 e. The first-order valence-electron chi connectivity index (χ1n) is 8.02. The average molecular weight is 291 g/mol. The smallest absolute Gasteiger partial charge is 0.0406 e. The van der Waals surface area contributed by atoms with E-state index in [9.17, 15) is 0 Å². The SMILES string of the molecule is Clc1ccc(C2CC(NC3CN4CCC3CC4)C2)cc1. The van der Waals surface area contributed by atoms with Crippen molar-refractivity contribution in [3.8, 4) is 0 Å². The Labute approximate surface area is 126 Å². The van der Waals surface area contributed by atoms with Gasteiger partial charge in [-0.1, -0.05) is 23.7 Å². The molecule has 1 aromatic carbocycles. The van der Waals surface area contributed by atoms with Crippen LogP contribution in [-0.2, 0) is 0 Å². The second-order valence-electron chi connectivity index (χ2n) is 6.83. The lowest BCUT2D eigenvalue weighted by Gasteiger charge is -2.48. The van der Waals surface area contributed by atoms with Gasteiger partial charge in [-0.15, -0.1) is 0 Å². The summed E-state index contributed by atoms with van der Waals surface area (Å²) in [5.74, 6) is 1.68. The van der Waals surface area contributed by atoms with E-state index < -0.39 is 0 Å². The summed E-state index contributed by atoms with van der Waals surface area (Å²) in [4.78, 5) is 2.63. The molecule has 108 valence electrons. The van der Waals surface area contributed by atoms with E-state index in [0.29, 0.717) is 0 Å². The maximum absolute atomic E-state index is 5.95. The third-order valence-electron chi connectivity index (χ3n) is 5.59. The van der Waals surface area contributed by atoms with Gasteiger partial charge in [0.25, 0.3) is 0 Å². The van der Waals surface area contributed by atoms with Crippen molar-refractivity contribution in [2.75, 3.05) is 19.6 Å². The molecular formula is C17H23ClN2. The second kappa shape index (κ2) is 5.32.